The van der Waals surface area contributed by atoms with E-state index in [0.717, 1.165) is 68.7 Å². The van der Waals surface area contributed by atoms with E-state index in [1.54, 1.807) is 6.33 Å². The fourth-order valence-electron chi connectivity index (χ4n) is 4.47. The van der Waals surface area contributed by atoms with Crippen molar-refractivity contribution in [2.45, 2.75) is 51.4 Å². The number of amides is 2. The van der Waals surface area contributed by atoms with E-state index < -0.39 is 0 Å². The van der Waals surface area contributed by atoms with Crippen molar-refractivity contribution < 1.29 is 9.59 Å². The van der Waals surface area contributed by atoms with E-state index in [1.165, 1.54) is 12.8 Å². The summed E-state index contributed by atoms with van der Waals surface area (Å²) in [6.45, 7) is 4.13. The molecule has 0 radical (unpaired) electrons. The Morgan fingerprint density at radius 2 is 1.81 bits per heavy atom. The number of nitrogens with zero attached hydrogens (tertiary/aromatic N) is 3. The van der Waals surface area contributed by atoms with E-state index in [2.05, 4.69) is 25.2 Å². The Morgan fingerprint density at radius 1 is 1.06 bits per heavy atom. The Balaban J connectivity index is 0.000000210. The van der Waals surface area contributed by atoms with Gasteiger partial charge in [-0.05, 0) is 69.5 Å². The van der Waals surface area contributed by atoms with Crippen molar-refractivity contribution in [2.75, 3.05) is 31.1 Å². The molecule has 2 aromatic rings. The van der Waals surface area contributed by atoms with Gasteiger partial charge in [0.05, 0.1) is 5.39 Å². The van der Waals surface area contributed by atoms with Crippen molar-refractivity contribution in [3.63, 3.8) is 0 Å². The van der Waals surface area contributed by atoms with Crippen molar-refractivity contribution in [3.05, 3.63) is 18.6 Å². The lowest BCUT2D eigenvalue weighted by molar-refractivity contribution is -0.119. The highest BCUT2D eigenvalue weighted by atomic mass is 16.1. The molecule has 4 rings (SSSR count). The fraction of sp³-hybridized carbons (Fsp3) is 0.636. The summed E-state index contributed by atoms with van der Waals surface area (Å²) in [4.78, 5) is 35.4. The summed E-state index contributed by atoms with van der Waals surface area (Å²) in [6.07, 6.45) is 11.1. The first-order valence-corrected chi connectivity index (χ1v) is 11.3. The number of H-pyrrole nitrogens is 1. The molecule has 9 heteroatoms. The number of hydrogen-bond donors (Lipinski definition) is 4. The third-order valence-corrected chi connectivity index (χ3v) is 6.15. The molecule has 2 atom stereocenters. The van der Waals surface area contributed by atoms with E-state index in [0.29, 0.717) is 24.7 Å². The molecule has 0 bridgehead atoms. The highest BCUT2D eigenvalue weighted by molar-refractivity contribution is 5.87. The molecule has 170 valence electrons. The SMILES string of the molecule is NC(=O)CCC1CCCN(c2ncnc3[nH]ccc23)C1.NC(=O)CCC1CCCNC1. The molecule has 2 aliphatic heterocycles. The highest BCUT2D eigenvalue weighted by Crippen LogP contribution is 2.28. The molecular formula is C22H35N7O2. The van der Waals surface area contributed by atoms with E-state index in [9.17, 15) is 9.59 Å². The van der Waals surface area contributed by atoms with Crippen molar-refractivity contribution in [1.82, 2.24) is 20.3 Å². The molecule has 2 aliphatic rings. The molecule has 2 unspecified atom stereocenters. The maximum absolute atomic E-state index is 10.9. The molecule has 2 amide bonds. The van der Waals surface area contributed by atoms with Crippen LogP contribution in [0.1, 0.15) is 51.4 Å². The van der Waals surface area contributed by atoms with E-state index >= 15 is 0 Å². The first-order valence-electron chi connectivity index (χ1n) is 11.3. The Kier molecular flexibility index (Phi) is 8.63. The number of aromatic nitrogens is 3. The summed E-state index contributed by atoms with van der Waals surface area (Å²) >= 11 is 0. The molecule has 0 aliphatic carbocycles. The van der Waals surface area contributed by atoms with Gasteiger partial charge in [0, 0.05) is 32.1 Å². The molecule has 0 aromatic carbocycles. The molecule has 0 spiro atoms. The molecule has 0 saturated carbocycles. The van der Waals surface area contributed by atoms with Crippen LogP contribution < -0.4 is 21.7 Å². The Bertz CT molecular complexity index is 847. The lowest BCUT2D eigenvalue weighted by Gasteiger charge is -2.33. The lowest BCUT2D eigenvalue weighted by atomic mass is 9.93. The Hall–Kier alpha value is -2.68. The summed E-state index contributed by atoms with van der Waals surface area (Å²) in [5.74, 6) is 1.80. The summed E-state index contributed by atoms with van der Waals surface area (Å²) in [7, 11) is 0. The number of fused-ring (bicyclic) bond motifs is 1. The smallest absolute Gasteiger partial charge is 0.217 e. The van der Waals surface area contributed by atoms with Crippen molar-refractivity contribution in [3.8, 4) is 0 Å². The van der Waals surface area contributed by atoms with Crippen LogP contribution in [0.2, 0.25) is 0 Å². The standard InChI is InChI=1S/C14H19N5O.C8H16N2O/c15-12(20)4-3-10-2-1-7-19(8-10)14-11-5-6-16-13(11)17-9-18-14;9-8(11)4-3-7-2-1-5-10-6-7/h5-6,9-10H,1-4,7-8H2,(H2,15,20)(H,16,17,18);7,10H,1-6H2,(H2,9,11). The van der Waals surface area contributed by atoms with Crippen LogP contribution in [-0.4, -0.2) is 52.9 Å². The average molecular weight is 430 g/mol. The summed E-state index contributed by atoms with van der Waals surface area (Å²) in [6, 6.07) is 2.01. The molecule has 2 fully saturated rings. The Morgan fingerprint density at radius 3 is 2.52 bits per heavy atom. The molecule has 6 N–H and O–H groups in total. The predicted octanol–water partition coefficient (Wildman–Crippen LogP) is 1.69. The van der Waals surface area contributed by atoms with Crippen molar-refractivity contribution in [1.29, 1.82) is 0 Å². The Labute approximate surface area is 183 Å². The maximum atomic E-state index is 10.9. The molecule has 31 heavy (non-hydrogen) atoms. The second-order valence-electron chi connectivity index (χ2n) is 8.61. The third-order valence-electron chi connectivity index (χ3n) is 6.15. The first kappa shape index (κ1) is 23.0. The highest BCUT2D eigenvalue weighted by Gasteiger charge is 2.22. The number of anilines is 1. The van der Waals surface area contributed by atoms with Gasteiger partial charge in [0.15, 0.2) is 0 Å². The fourth-order valence-corrected chi connectivity index (χ4v) is 4.47. The number of piperidine rings is 2. The monoisotopic (exact) mass is 429 g/mol. The third kappa shape index (κ3) is 7.20. The molecular weight excluding hydrogens is 394 g/mol. The van der Waals surface area contributed by atoms with E-state index in [1.807, 2.05) is 12.3 Å². The van der Waals surface area contributed by atoms with Crippen LogP contribution in [0.4, 0.5) is 5.82 Å². The van der Waals surface area contributed by atoms with Gasteiger partial charge in [0.25, 0.3) is 0 Å². The number of nitrogens with one attached hydrogen (secondary N) is 2. The number of primary amides is 2. The predicted molar refractivity (Wildman–Crippen MR) is 121 cm³/mol. The minimum Gasteiger partial charge on any atom is -0.370 e. The number of rotatable bonds is 7. The van der Waals surface area contributed by atoms with Gasteiger partial charge in [-0.25, -0.2) is 9.97 Å². The van der Waals surface area contributed by atoms with Crippen LogP contribution in [0, 0.1) is 11.8 Å². The van der Waals surface area contributed by atoms with E-state index in [4.69, 9.17) is 11.5 Å². The van der Waals surface area contributed by atoms with Crippen LogP contribution in [0.15, 0.2) is 18.6 Å². The molecule has 2 saturated heterocycles. The zero-order valence-corrected chi connectivity index (χ0v) is 18.2. The molecule has 4 heterocycles. The lowest BCUT2D eigenvalue weighted by Crippen LogP contribution is -2.36. The van der Waals surface area contributed by atoms with Crippen LogP contribution >= 0.6 is 0 Å². The minimum absolute atomic E-state index is 0.171. The number of carbonyl (C=O) groups is 2. The van der Waals surface area contributed by atoms with Crippen molar-refractivity contribution in [2.24, 2.45) is 23.3 Å². The summed E-state index contributed by atoms with van der Waals surface area (Å²) in [5, 5.41) is 4.36. The van der Waals surface area contributed by atoms with Gasteiger partial charge in [-0.1, -0.05) is 0 Å². The number of carbonyl (C=O) groups excluding carboxylic acids is 2. The van der Waals surface area contributed by atoms with Gasteiger partial charge in [-0.2, -0.15) is 0 Å². The van der Waals surface area contributed by atoms with Gasteiger partial charge in [-0.15, -0.1) is 0 Å². The van der Waals surface area contributed by atoms with Crippen LogP contribution in [0.25, 0.3) is 11.0 Å². The summed E-state index contributed by atoms with van der Waals surface area (Å²) < 4.78 is 0. The number of aromatic amines is 1. The zero-order valence-electron chi connectivity index (χ0n) is 18.2. The zero-order chi connectivity index (χ0) is 22.1. The molecule has 2 aromatic heterocycles. The molecule has 9 nitrogen and oxygen atoms in total. The summed E-state index contributed by atoms with van der Waals surface area (Å²) in [5.41, 5.74) is 11.2. The van der Waals surface area contributed by atoms with Gasteiger partial charge < -0.3 is 26.7 Å². The normalized spacial score (nSPS) is 21.4. The van der Waals surface area contributed by atoms with Gasteiger partial charge in [0.2, 0.25) is 11.8 Å². The quantitative estimate of drug-likeness (QED) is 0.527. The van der Waals surface area contributed by atoms with Crippen molar-refractivity contribution >= 4 is 28.7 Å². The van der Waals surface area contributed by atoms with Gasteiger partial charge in [0.1, 0.15) is 17.8 Å². The second kappa shape index (κ2) is 11.6. The van der Waals surface area contributed by atoms with Crippen LogP contribution in [0.3, 0.4) is 0 Å². The topological polar surface area (TPSA) is 143 Å². The average Bonchev–Trinajstić information content (AvgIpc) is 3.27. The van der Waals surface area contributed by atoms with E-state index in [-0.39, 0.29) is 11.8 Å². The number of hydrogen-bond acceptors (Lipinski definition) is 6. The van der Waals surface area contributed by atoms with Gasteiger partial charge in [-0.3, -0.25) is 9.59 Å². The first-order chi connectivity index (χ1) is 15.0. The largest absolute Gasteiger partial charge is 0.370 e. The van der Waals surface area contributed by atoms with Crippen LogP contribution in [0.5, 0.6) is 0 Å². The second-order valence-corrected chi connectivity index (χ2v) is 8.61. The van der Waals surface area contributed by atoms with Crippen LogP contribution in [-0.2, 0) is 9.59 Å². The number of nitrogens with two attached hydrogens (primary N) is 2. The van der Waals surface area contributed by atoms with Gasteiger partial charge >= 0.3 is 0 Å². The maximum Gasteiger partial charge on any atom is 0.217 e. The minimum atomic E-state index is -0.211.